The lowest BCUT2D eigenvalue weighted by Crippen LogP contribution is -2.26. The van der Waals surface area contributed by atoms with Crippen molar-refractivity contribution in [3.05, 3.63) is 52.2 Å². The number of nitrogens with one attached hydrogen (secondary N) is 1. The van der Waals surface area contributed by atoms with Crippen molar-refractivity contribution < 1.29 is 9.84 Å². The van der Waals surface area contributed by atoms with Crippen molar-refractivity contribution in [2.45, 2.75) is 25.5 Å². The summed E-state index contributed by atoms with van der Waals surface area (Å²) in [5.41, 5.74) is 2.10. The third-order valence-corrected chi connectivity index (χ3v) is 4.11. The molecule has 0 aliphatic rings. The van der Waals surface area contributed by atoms with Crippen LogP contribution >= 0.6 is 11.3 Å². The summed E-state index contributed by atoms with van der Waals surface area (Å²) in [6, 6.07) is 10.2. The van der Waals surface area contributed by atoms with Gasteiger partial charge in [-0.05, 0) is 34.9 Å². The van der Waals surface area contributed by atoms with E-state index in [4.69, 9.17) is 4.74 Å². The maximum absolute atomic E-state index is 10.1. The highest BCUT2D eigenvalue weighted by Crippen LogP contribution is 2.27. The van der Waals surface area contributed by atoms with Gasteiger partial charge < -0.3 is 15.2 Å². The highest BCUT2D eigenvalue weighted by molar-refractivity contribution is 7.07. The fraction of sp³-hybridized carbons (Fsp3) is 0.375. The van der Waals surface area contributed by atoms with Crippen LogP contribution in [0.15, 0.2) is 41.1 Å². The summed E-state index contributed by atoms with van der Waals surface area (Å²) in [6.07, 6.45) is 0.474. The van der Waals surface area contributed by atoms with Crippen molar-refractivity contribution in [3.63, 3.8) is 0 Å². The van der Waals surface area contributed by atoms with E-state index in [0.29, 0.717) is 6.54 Å². The van der Waals surface area contributed by atoms with Crippen LogP contribution in [-0.2, 0) is 0 Å². The lowest BCUT2D eigenvalue weighted by atomic mass is 10.0. The minimum absolute atomic E-state index is 0.180. The number of para-hydroxylation sites is 1. The first-order valence-electron chi connectivity index (χ1n) is 6.82. The molecule has 1 aromatic carbocycles. The van der Waals surface area contributed by atoms with Crippen LogP contribution in [0.25, 0.3) is 0 Å². The predicted molar refractivity (Wildman–Crippen MR) is 83.3 cm³/mol. The summed E-state index contributed by atoms with van der Waals surface area (Å²) in [5, 5.41) is 17.5. The second-order valence-electron chi connectivity index (χ2n) is 4.68. The summed E-state index contributed by atoms with van der Waals surface area (Å²) >= 11 is 1.60. The predicted octanol–water partition coefficient (Wildman–Crippen LogP) is 3.53. The maximum atomic E-state index is 10.1. The zero-order valence-corrected chi connectivity index (χ0v) is 12.7. The number of aliphatic hydroxyl groups is 1. The molecule has 108 valence electrons. The summed E-state index contributed by atoms with van der Waals surface area (Å²) < 4.78 is 5.41. The van der Waals surface area contributed by atoms with Crippen LogP contribution in [0.2, 0.25) is 0 Å². The average Bonchev–Trinajstić information content (AvgIpc) is 3.02. The minimum Gasteiger partial charge on any atom is -0.496 e. The first-order chi connectivity index (χ1) is 9.76. The van der Waals surface area contributed by atoms with Crippen molar-refractivity contribution in [3.8, 4) is 5.75 Å². The van der Waals surface area contributed by atoms with E-state index in [9.17, 15) is 5.11 Å². The van der Waals surface area contributed by atoms with Crippen molar-refractivity contribution >= 4 is 11.3 Å². The van der Waals surface area contributed by atoms with E-state index in [-0.39, 0.29) is 6.04 Å². The van der Waals surface area contributed by atoms with Crippen molar-refractivity contribution in [1.82, 2.24) is 5.32 Å². The van der Waals surface area contributed by atoms with Crippen molar-refractivity contribution in [1.29, 1.82) is 0 Å². The zero-order valence-electron chi connectivity index (χ0n) is 11.9. The van der Waals surface area contributed by atoms with Gasteiger partial charge >= 0.3 is 0 Å². The van der Waals surface area contributed by atoms with Gasteiger partial charge in [-0.3, -0.25) is 0 Å². The second-order valence-corrected chi connectivity index (χ2v) is 5.46. The van der Waals surface area contributed by atoms with Gasteiger partial charge in [-0.15, -0.1) is 0 Å². The average molecular weight is 291 g/mol. The standard InChI is InChI=1S/C16H21NO2S/c1-3-14(13-6-4-5-7-16(13)19-2)17-10-15(18)12-8-9-20-11-12/h4-9,11,14-15,17-18H,3,10H2,1-2H3. The Labute approximate surface area is 124 Å². The van der Waals surface area contributed by atoms with Crippen LogP contribution in [0.5, 0.6) is 5.75 Å². The van der Waals surface area contributed by atoms with Crippen LogP contribution in [-0.4, -0.2) is 18.8 Å². The van der Waals surface area contributed by atoms with Gasteiger partial charge in [0.05, 0.1) is 13.2 Å². The molecule has 0 fully saturated rings. The Morgan fingerprint density at radius 3 is 2.75 bits per heavy atom. The van der Waals surface area contributed by atoms with Gasteiger partial charge in [0.2, 0.25) is 0 Å². The molecule has 0 radical (unpaired) electrons. The second kappa shape index (κ2) is 7.43. The number of aliphatic hydroxyl groups excluding tert-OH is 1. The van der Waals surface area contributed by atoms with Gasteiger partial charge in [0.1, 0.15) is 5.75 Å². The van der Waals surface area contributed by atoms with Crippen LogP contribution in [0.3, 0.4) is 0 Å². The van der Waals surface area contributed by atoms with E-state index in [2.05, 4.69) is 18.3 Å². The molecule has 3 nitrogen and oxygen atoms in total. The minimum atomic E-state index is -0.468. The summed E-state index contributed by atoms with van der Waals surface area (Å²) in [5.74, 6) is 0.886. The lowest BCUT2D eigenvalue weighted by molar-refractivity contribution is 0.169. The maximum Gasteiger partial charge on any atom is 0.123 e. The van der Waals surface area contributed by atoms with Gasteiger partial charge in [-0.2, -0.15) is 11.3 Å². The quantitative estimate of drug-likeness (QED) is 0.820. The van der Waals surface area contributed by atoms with E-state index < -0.39 is 6.10 Å². The molecule has 0 saturated heterocycles. The van der Waals surface area contributed by atoms with Gasteiger partial charge in [0.15, 0.2) is 0 Å². The topological polar surface area (TPSA) is 41.5 Å². The molecule has 1 aromatic heterocycles. The monoisotopic (exact) mass is 291 g/mol. The van der Waals surface area contributed by atoms with Crippen LogP contribution in [0.4, 0.5) is 0 Å². The van der Waals surface area contributed by atoms with E-state index in [1.165, 1.54) is 0 Å². The van der Waals surface area contributed by atoms with Crippen LogP contribution in [0, 0.1) is 0 Å². The van der Waals surface area contributed by atoms with Gasteiger partial charge in [-0.1, -0.05) is 25.1 Å². The molecular weight excluding hydrogens is 270 g/mol. The molecule has 2 aromatic rings. The Hall–Kier alpha value is -1.36. The summed E-state index contributed by atoms with van der Waals surface area (Å²) in [6.45, 7) is 2.66. The highest BCUT2D eigenvalue weighted by Gasteiger charge is 2.15. The SMILES string of the molecule is CCC(NCC(O)c1ccsc1)c1ccccc1OC. The number of rotatable bonds is 7. The smallest absolute Gasteiger partial charge is 0.123 e. The molecule has 4 heteroatoms. The van der Waals surface area contributed by atoms with E-state index >= 15 is 0 Å². The Balaban J connectivity index is 2.02. The largest absolute Gasteiger partial charge is 0.496 e. The molecule has 0 bridgehead atoms. The molecule has 0 saturated carbocycles. The lowest BCUT2D eigenvalue weighted by Gasteiger charge is -2.21. The Morgan fingerprint density at radius 1 is 1.30 bits per heavy atom. The number of ether oxygens (including phenoxy) is 1. The van der Waals surface area contributed by atoms with E-state index in [1.54, 1.807) is 18.4 Å². The normalized spacial score (nSPS) is 13.9. The Morgan fingerprint density at radius 2 is 2.10 bits per heavy atom. The third kappa shape index (κ3) is 3.60. The number of hydrogen-bond acceptors (Lipinski definition) is 4. The Kier molecular flexibility index (Phi) is 5.59. The molecule has 2 N–H and O–H groups in total. The number of methoxy groups -OCH3 is 1. The number of thiophene rings is 1. The molecule has 20 heavy (non-hydrogen) atoms. The zero-order chi connectivity index (χ0) is 14.4. The van der Waals surface area contributed by atoms with Crippen LogP contribution in [0.1, 0.15) is 36.6 Å². The van der Waals surface area contributed by atoms with Gasteiger partial charge in [-0.25, -0.2) is 0 Å². The molecule has 0 aliphatic carbocycles. The number of hydrogen-bond donors (Lipinski definition) is 2. The molecule has 0 spiro atoms. The molecule has 2 rings (SSSR count). The number of benzene rings is 1. The van der Waals surface area contributed by atoms with Crippen molar-refractivity contribution in [2.24, 2.45) is 0 Å². The van der Waals surface area contributed by atoms with Crippen LogP contribution < -0.4 is 10.1 Å². The summed E-state index contributed by atoms with van der Waals surface area (Å²) in [4.78, 5) is 0. The molecule has 0 aliphatic heterocycles. The fourth-order valence-corrected chi connectivity index (χ4v) is 2.97. The first kappa shape index (κ1) is 15.0. The van der Waals surface area contributed by atoms with E-state index in [1.807, 2.05) is 35.0 Å². The molecule has 0 amide bonds. The summed E-state index contributed by atoms with van der Waals surface area (Å²) in [7, 11) is 1.69. The third-order valence-electron chi connectivity index (χ3n) is 3.41. The molecular formula is C16H21NO2S. The van der Waals surface area contributed by atoms with Gasteiger partial charge in [0, 0.05) is 18.2 Å². The highest BCUT2D eigenvalue weighted by atomic mass is 32.1. The molecule has 2 unspecified atom stereocenters. The van der Waals surface area contributed by atoms with Crippen molar-refractivity contribution in [2.75, 3.05) is 13.7 Å². The van der Waals surface area contributed by atoms with Gasteiger partial charge in [0.25, 0.3) is 0 Å². The molecule has 1 heterocycles. The fourth-order valence-electron chi connectivity index (χ4n) is 2.26. The van der Waals surface area contributed by atoms with E-state index in [0.717, 1.165) is 23.3 Å². The molecule has 2 atom stereocenters. The first-order valence-corrected chi connectivity index (χ1v) is 7.77. The Bertz CT molecular complexity index is 513.